The maximum absolute atomic E-state index is 12.4. The van der Waals surface area contributed by atoms with Gasteiger partial charge in [0.15, 0.2) is 0 Å². The molecule has 0 aliphatic carbocycles. The summed E-state index contributed by atoms with van der Waals surface area (Å²) in [4.78, 5) is 18.8. The molecule has 30 heavy (non-hydrogen) atoms. The topological polar surface area (TPSA) is 79.2 Å². The number of hydrogen-bond acceptors (Lipinski definition) is 7. The Balaban J connectivity index is 1.71. The van der Waals surface area contributed by atoms with Crippen LogP contribution in [0.5, 0.6) is 5.75 Å². The summed E-state index contributed by atoms with van der Waals surface area (Å²) >= 11 is 7.08. The molecule has 0 saturated heterocycles. The van der Waals surface area contributed by atoms with Gasteiger partial charge in [-0.25, -0.2) is 5.43 Å². The fraction of sp³-hybridized carbons (Fsp3) is 0.143. The molecule has 3 aromatic rings. The lowest BCUT2D eigenvalue weighted by molar-refractivity contribution is 0.0959. The summed E-state index contributed by atoms with van der Waals surface area (Å²) in [5.41, 5.74) is 6.37. The quantitative estimate of drug-likeness (QED) is 0.428. The number of methoxy groups -OCH3 is 1. The molecule has 0 radical (unpaired) electrons. The van der Waals surface area contributed by atoms with Gasteiger partial charge in [0.2, 0.25) is 0 Å². The lowest BCUT2D eigenvalue weighted by atomic mass is 10.1. The van der Waals surface area contributed by atoms with E-state index in [1.165, 1.54) is 0 Å². The zero-order valence-electron chi connectivity index (χ0n) is 16.7. The lowest BCUT2D eigenvalue weighted by Crippen LogP contribution is -2.16. The second kappa shape index (κ2) is 9.51. The van der Waals surface area contributed by atoms with Crippen LogP contribution in [0.15, 0.2) is 52.6 Å². The summed E-state index contributed by atoms with van der Waals surface area (Å²) < 4.78 is 9.69. The summed E-state index contributed by atoms with van der Waals surface area (Å²) in [6.45, 7) is 3.59. The van der Waals surface area contributed by atoms with Crippen molar-refractivity contribution in [2.45, 2.75) is 0 Å². The van der Waals surface area contributed by atoms with E-state index in [0.717, 1.165) is 34.0 Å². The van der Waals surface area contributed by atoms with E-state index < -0.39 is 0 Å². The third-order valence-electron chi connectivity index (χ3n) is 4.20. The number of hydrogen-bond donors (Lipinski definition) is 1. The van der Waals surface area contributed by atoms with E-state index in [1.54, 1.807) is 37.6 Å². The fourth-order valence-corrected chi connectivity index (χ4v) is 3.53. The minimum Gasteiger partial charge on any atom is -0.496 e. The van der Waals surface area contributed by atoms with E-state index in [1.807, 2.05) is 37.2 Å². The second-order valence-electron chi connectivity index (χ2n) is 6.42. The van der Waals surface area contributed by atoms with Crippen molar-refractivity contribution in [2.24, 2.45) is 10.1 Å². The lowest BCUT2D eigenvalue weighted by Gasteiger charge is -2.15. The van der Waals surface area contributed by atoms with Crippen LogP contribution in [-0.2, 0) is 0 Å². The zero-order chi connectivity index (χ0) is 21.7. The van der Waals surface area contributed by atoms with Crippen molar-refractivity contribution in [2.75, 3.05) is 26.1 Å². The van der Waals surface area contributed by atoms with Gasteiger partial charge in [0.1, 0.15) is 10.6 Å². The molecule has 0 fully saturated rings. The summed E-state index contributed by atoms with van der Waals surface area (Å²) in [5, 5.41) is 4.59. The highest BCUT2D eigenvalue weighted by molar-refractivity contribution is 7.08. The Kier molecular flexibility index (Phi) is 6.81. The molecule has 0 spiro atoms. The predicted molar refractivity (Wildman–Crippen MR) is 124 cm³/mol. The number of carbonyl (C=O) groups excluding carboxylic acids is 1. The van der Waals surface area contributed by atoms with Crippen LogP contribution in [0.25, 0.3) is 11.3 Å². The molecule has 0 bridgehead atoms. The van der Waals surface area contributed by atoms with Crippen LogP contribution in [0.3, 0.4) is 0 Å². The van der Waals surface area contributed by atoms with Crippen LogP contribution in [0.2, 0.25) is 5.02 Å². The Hall–Kier alpha value is -3.23. The Morgan fingerprint density at radius 3 is 2.77 bits per heavy atom. The van der Waals surface area contributed by atoms with Crippen molar-refractivity contribution < 1.29 is 9.53 Å². The minimum absolute atomic E-state index is 0.352. The van der Waals surface area contributed by atoms with Gasteiger partial charge in [0.05, 0.1) is 30.4 Å². The predicted octanol–water partition coefficient (Wildman–Crippen LogP) is 4.63. The Labute approximate surface area is 183 Å². The van der Waals surface area contributed by atoms with Gasteiger partial charge >= 0.3 is 0 Å². The molecule has 0 aliphatic rings. The van der Waals surface area contributed by atoms with Crippen LogP contribution < -0.4 is 15.1 Å². The average Bonchev–Trinajstić information content (AvgIpc) is 3.23. The first-order valence-corrected chi connectivity index (χ1v) is 10.00. The second-order valence-corrected chi connectivity index (χ2v) is 7.66. The third kappa shape index (κ3) is 4.84. The van der Waals surface area contributed by atoms with Gasteiger partial charge in [-0.3, -0.25) is 9.79 Å². The summed E-state index contributed by atoms with van der Waals surface area (Å²) in [6.07, 6.45) is 1.55. The van der Waals surface area contributed by atoms with Gasteiger partial charge in [-0.1, -0.05) is 17.7 Å². The van der Waals surface area contributed by atoms with E-state index in [-0.39, 0.29) is 5.91 Å². The number of aromatic nitrogens is 1. The number of ether oxygens (including phenoxy) is 1. The Morgan fingerprint density at radius 2 is 2.07 bits per heavy atom. The van der Waals surface area contributed by atoms with Crippen molar-refractivity contribution in [1.29, 1.82) is 0 Å². The largest absolute Gasteiger partial charge is 0.496 e. The molecule has 154 valence electrons. The molecule has 0 atom stereocenters. The van der Waals surface area contributed by atoms with Crippen LogP contribution in [0.4, 0.5) is 11.4 Å². The maximum Gasteiger partial charge on any atom is 0.283 e. The maximum atomic E-state index is 12.4. The smallest absolute Gasteiger partial charge is 0.283 e. The van der Waals surface area contributed by atoms with E-state index >= 15 is 0 Å². The number of aliphatic imine (C=N–C) groups is 1. The highest BCUT2D eigenvalue weighted by Crippen LogP contribution is 2.33. The van der Waals surface area contributed by atoms with Crippen molar-refractivity contribution >= 4 is 53.3 Å². The number of hydrazone groups is 1. The first kappa shape index (κ1) is 21.5. The number of amides is 1. The highest BCUT2D eigenvalue weighted by atomic mass is 35.5. The molecule has 2 aromatic carbocycles. The summed E-state index contributed by atoms with van der Waals surface area (Å²) in [5.74, 6) is 0.237. The highest BCUT2D eigenvalue weighted by Gasteiger charge is 2.14. The SMILES string of the molecule is C=Nc1cc(/C=N/NC(=O)c2cc(-c3ccc(Cl)cc3OC)ns2)ccc1N(C)C. The van der Waals surface area contributed by atoms with Crippen molar-refractivity contribution in [3.63, 3.8) is 0 Å². The number of rotatable bonds is 7. The van der Waals surface area contributed by atoms with Crippen LogP contribution in [0.1, 0.15) is 15.2 Å². The van der Waals surface area contributed by atoms with Crippen molar-refractivity contribution in [1.82, 2.24) is 9.80 Å². The first-order chi connectivity index (χ1) is 14.4. The first-order valence-electron chi connectivity index (χ1n) is 8.85. The van der Waals surface area contributed by atoms with Crippen molar-refractivity contribution in [3.05, 3.63) is 57.9 Å². The van der Waals surface area contributed by atoms with Crippen molar-refractivity contribution in [3.8, 4) is 17.0 Å². The van der Waals surface area contributed by atoms with Gasteiger partial charge in [-0.2, -0.15) is 9.47 Å². The molecule has 1 heterocycles. The molecule has 1 N–H and O–H groups in total. The van der Waals surface area contributed by atoms with E-state index in [2.05, 4.69) is 26.6 Å². The number of nitrogens with one attached hydrogen (secondary N) is 1. The average molecular weight is 442 g/mol. The minimum atomic E-state index is -0.352. The van der Waals surface area contributed by atoms with E-state index in [4.69, 9.17) is 16.3 Å². The van der Waals surface area contributed by atoms with Gasteiger partial charge in [0.25, 0.3) is 5.91 Å². The molecule has 7 nitrogen and oxygen atoms in total. The summed E-state index contributed by atoms with van der Waals surface area (Å²) in [7, 11) is 5.42. The molecule has 0 aliphatic heterocycles. The van der Waals surface area contributed by atoms with E-state index in [0.29, 0.717) is 21.3 Å². The molecule has 3 rings (SSSR count). The van der Waals surface area contributed by atoms with Gasteiger partial charge in [-0.15, -0.1) is 0 Å². The van der Waals surface area contributed by atoms with E-state index in [9.17, 15) is 4.79 Å². The standard InChI is InChI=1S/C21H20ClN5O2S/c1-23-17-9-13(5-8-18(17)27(2)3)12-24-25-21(28)20-11-16(26-30-20)15-7-6-14(22)10-19(15)29-4/h5-12H,1H2,2-4H3,(H,25,28)/b24-12+. The number of halogens is 1. The number of nitrogens with zero attached hydrogens (tertiary/aromatic N) is 4. The number of anilines is 1. The molecular weight excluding hydrogens is 422 g/mol. The van der Waals surface area contributed by atoms with Gasteiger partial charge in [0, 0.05) is 24.7 Å². The summed E-state index contributed by atoms with van der Waals surface area (Å²) in [6, 6.07) is 12.6. The fourth-order valence-electron chi connectivity index (χ4n) is 2.73. The Bertz CT molecular complexity index is 1110. The monoisotopic (exact) mass is 441 g/mol. The third-order valence-corrected chi connectivity index (χ3v) is 5.23. The van der Waals surface area contributed by atoms with Gasteiger partial charge < -0.3 is 9.64 Å². The van der Waals surface area contributed by atoms with Crippen LogP contribution >= 0.6 is 23.1 Å². The molecule has 9 heteroatoms. The van der Waals surface area contributed by atoms with Gasteiger partial charge in [-0.05, 0) is 60.2 Å². The number of benzene rings is 2. The molecule has 1 aromatic heterocycles. The molecule has 0 unspecified atom stereocenters. The molecule has 0 saturated carbocycles. The van der Waals surface area contributed by atoms with Crippen LogP contribution in [0, 0.1) is 0 Å². The molecular formula is C21H20ClN5O2S. The zero-order valence-corrected chi connectivity index (χ0v) is 18.3. The normalized spacial score (nSPS) is 10.8. The Morgan fingerprint density at radius 1 is 1.27 bits per heavy atom. The number of carbonyl (C=O) groups is 1. The van der Waals surface area contributed by atoms with Crippen LogP contribution in [-0.4, -0.2) is 44.4 Å². The molecule has 1 amide bonds.